The molecule has 10 heteroatoms. The highest BCUT2D eigenvalue weighted by atomic mass is 16.6. The predicted octanol–water partition coefficient (Wildman–Crippen LogP) is 3.59. The average Bonchev–Trinajstić information content (AvgIpc) is 2.95. The number of rotatable bonds is 12. The lowest BCUT2D eigenvalue weighted by Gasteiger charge is -2.10. The fraction of sp³-hybridized carbons (Fsp3) is 0.214. The second-order valence-corrected chi connectivity index (χ2v) is 7.88. The predicted molar refractivity (Wildman–Crippen MR) is 141 cm³/mol. The molecule has 0 saturated carbocycles. The number of amides is 2. The normalized spacial score (nSPS) is 10.5. The molecule has 0 saturated heterocycles. The van der Waals surface area contributed by atoms with E-state index in [9.17, 15) is 14.4 Å². The number of ether oxygens (including phenoxy) is 4. The number of nitrogens with zero attached hydrogens (tertiary/aromatic N) is 1. The van der Waals surface area contributed by atoms with Crippen LogP contribution in [0.2, 0.25) is 0 Å². The van der Waals surface area contributed by atoms with Gasteiger partial charge in [0.2, 0.25) is 0 Å². The van der Waals surface area contributed by atoms with Crippen molar-refractivity contribution in [2.45, 2.75) is 13.3 Å². The Hall–Kier alpha value is -4.86. The molecule has 0 aliphatic carbocycles. The molecule has 198 valence electrons. The molecule has 0 radical (unpaired) electrons. The van der Waals surface area contributed by atoms with Gasteiger partial charge in [-0.3, -0.25) is 9.59 Å². The molecule has 0 aromatic heterocycles. The zero-order chi connectivity index (χ0) is 27.3. The lowest BCUT2D eigenvalue weighted by atomic mass is 10.2. The summed E-state index contributed by atoms with van der Waals surface area (Å²) in [5.74, 6) is 0.381. The van der Waals surface area contributed by atoms with Crippen LogP contribution in [0, 0.1) is 0 Å². The van der Waals surface area contributed by atoms with Crippen molar-refractivity contribution < 1.29 is 33.3 Å². The lowest BCUT2D eigenvalue weighted by molar-refractivity contribution is -0.120. The second kappa shape index (κ2) is 14.0. The first-order valence-corrected chi connectivity index (χ1v) is 11.8. The minimum atomic E-state index is -0.553. The van der Waals surface area contributed by atoms with E-state index in [0.29, 0.717) is 40.5 Å². The van der Waals surface area contributed by atoms with Crippen LogP contribution >= 0.6 is 0 Å². The Labute approximate surface area is 220 Å². The van der Waals surface area contributed by atoms with Crippen molar-refractivity contribution in [1.82, 2.24) is 10.7 Å². The molecule has 0 heterocycles. The zero-order valence-corrected chi connectivity index (χ0v) is 21.4. The van der Waals surface area contributed by atoms with E-state index in [1.54, 1.807) is 66.7 Å². The van der Waals surface area contributed by atoms with E-state index in [-0.39, 0.29) is 12.3 Å². The van der Waals surface area contributed by atoms with E-state index in [2.05, 4.69) is 15.8 Å². The first-order chi connectivity index (χ1) is 18.4. The molecule has 0 aliphatic heterocycles. The Morgan fingerprint density at radius 1 is 0.842 bits per heavy atom. The minimum absolute atomic E-state index is 0.224. The maximum absolute atomic E-state index is 12.4. The molecular formula is C28H29N3O7. The molecule has 3 aromatic rings. The topological polar surface area (TPSA) is 125 Å². The third-order valence-electron chi connectivity index (χ3n) is 5.12. The highest BCUT2D eigenvalue weighted by molar-refractivity contribution is 5.96. The number of esters is 1. The van der Waals surface area contributed by atoms with Crippen molar-refractivity contribution >= 4 is 24.0 Å². The van der Waals surface area contributed by atoms with Gasteiger partial charge in [0.05, 0.1) is 39.1 Å². The van der Waals surface area contributed by atoms with Crippen molar-refractivity contribution in [3.63, 3.8) is 0 Å². The summed E-state index contributed by atoms with van der Waals surface area (Å²) in [6.07, 6.45) is 2.28. The molecule has 0 unspecified atom stereocenters. The number of carbonyl (C=O) groups is 3. The van der Waals surface area contributed by atoms with Gasteiger partial charge in [-0.2, -0.15) is 5.10 Å². The lowest BCUT2D eigenvalue weighted by Crippen LogP contribution is -2.34. The summed E-state index contributed by atoms with van der Waals surface area (Å²) in [5, 5.41) is 6.43. The Kier molecular flexibility index (Phi) is 10.2. The van der Waals surface area contributed by atoms with Crippen LogP contribution in [0.1, 0.15) is 39.6 Å². The van der Waals surface area contributed by atoms with Crippen LogP contribution in [0.4, 0.5) is 0 Å². The Morgan fingerprint density at radius 2 is 1.53 bits per heavy atom. The Balaban J connectivity index is 1.49. The molecule has 0 atom stereocenters. The highest BCUT2D eigenvalue weighted by Gasteiger charge is 2.13. The van der Waals surface area contributed by atoms with Crippen molar-refractivity contribution in [2.75, 3.05) is 27.4 Å². The van der Waals surface area contributed by atoms with Gasteiger partial charge in [-0.25, -0.2) is 10.2 Å². The molecule has 0 bridgehead atoms. The third-order valence-corrected chi connectivity index (χ3v) is 5.12. The first-order valence-electron chi connectivity index (χ1n) is 11.8. The second-order valence-electron chi connectivity index (χ2n) is 7.88. The van der Waals surface area contributed by atoms with Gasteiger partial charge in [0.15, 0.2) is 11.5 Å². The number of benzene rings is 3. The van der Waals surface area contributed by atoms with Crippen molar-refractivity contribution in [1.29, 1.82) is 0 Å². The number of nitrogens with one attached hydrogen (secondary N) is 2. The minimum Gasteiger partial charge on any atom is -0.497 e. The summed E-state index contributed by atoms with van der Waals surface area (Å²) in [4.78, 5) is 36.7. The molecule has 0 spiro atoms. The molecular weight excluding hydrogens is 490 g/mol. The summed E-state index contributed by atoms with van der Waals surface area (Å²) >= 11 is 0. The zero-order valence-electron chi connectivity index (χ0n) is 21.4. The van der Waals surface area contributed by atoms with Crippen LogP contribution in [0.25, 0.3) is 0 Å². The molecule has 2 amide bonds. The summed E-state index contributed by atoms with van der Waals surface area (Å²) in [5.41, 5.74) is 3.69. The summed E-state index contributed by atoms with van der Waals surface area (Å²) in [6, 6.07) is 18.0. The first kappa shape index (κ1) is 27.7. The highest BCUT2D eigenvalue weighted by Crippen LogP contribution is 2.28. The van der Waals surface area contributed by atoms with E-state index >= 15 is 0 Å². The maximum Gasteiger partial charge on any atom is 0.343 e. The molecule has 0 fully saturated rings. The molecule has 3 aromatic carbocycles. The smallest absolute Gasteiger partial charge is 0.343 e. The van der Waals surface area contributed by atoms with E-state index in [4.69, 9.17) is 18.9 Å². The van der Waals surface area contributed by atoms with E-state index in [0.717, 1.165) is 6.42 Å². The van der Waals surface area contributed by atoms with Crippen molar-refractivity contribution in [2.24, 2.45) is 5.10 Å². The van der Waals surface area contributed by atoms with E-state index in [1.165, 1.54) is 20.4 Å². The number of hydrazone groups is 1. The summed E-state index contributed by atoms with van der Waals surface area (Å²) < 4.78 is 21.3. The summed E-state index contributed by atoms with van der Waals surface area (Å²) in [6.45, 7) is 2.35. The fourth-order valence-electron chi connectivity index (χ4n) is 3.14. The number of hydrogen-bond acceptors (Lipinski definition) is 8. The van der Waals surface area contributed by atoms with Gasteiger partial charge in [-0.1, -0.05) is 6.92 Å². The fourth-order valence-corrected chi connectivity index (χ4v) is 3.14. The molecule has 3 rings (SSSR count). The van der Waals surface area contributed by atoms with Gasteiger partial charge in [-0.05, 0) is 78.7 Å². The quantitative estimate of drug-likeness (QED) is 0.162. The Bertz CT molecular complexity index is 1270. The third kappa shape index (κ3) is 8.09. The molecule has 10 nitrogen and oxygen atoms in total. The van der Waals surface area contributed by atoms with Crippen LogP contribution in [0.5, 0.6) is 23.0 Å². The maximum atomic E-state index is 12.4. The van der Waals surface area contributed by atoms with Crippen LogP contribution in [-0.4, -0.2) is 51.4 Å². The van der Waals surface area contributed by atoms with Crippen LogP contribution in [0.3, 0.4) is 0 Å². The Morgan fingerprint density at radius 3 is 2.18 bits per heavy atom. The van der Waals surface area contributed by atoms with Gasteiger partial charge in [0, 0.05) is 5.56 Å². The van der Waals surface area contributed by atoms with Gasteiger partial charge < -0.3 is 24.3 Å². The van der Waals surface area contributed by atoms with Crippen molar-refractivity contribution in [3.8, 4) is 23.0 Å². The van der Waals surface area contributed by atoms with Crippen LogP contribution < -0.4 is 29.7 Å². The average molecular weight is 520 g/mol. The van der Waals surface area contributed by atoms with Crippen LogP contribution in [-0.2, 0) is 4.79 Å². The van der Waals surface area contributed by atoms with Gasteiger partial charge >= 0.3 is 5.97 Å². The van der Waals surface area contributed by atoms with E-state index in [1.807, 2.05) is 6.92 Å². The van der Waals surface area contributed by atoms with E-state index < -0.39 is 17.8 Å². The number of hydrogen-bond donors (Lipinski definition) is 2. The van der Waals surface area contributed by atoms with Gasteiger partial charge in [-0.15, -0.1) is 0 Å². The molecule has 0 aliphatic rings. The number of carbonyl (C=O) groups excluding carboxylic acids is 3. The van der Waals surface area contributed by atoms with Crippen LogP contribution in [0.15, 0.2) is 71.8 Å². The SMILES string of the molecule is CCCOc1ccc(C(=O)NCC(=O)N/N=C/c2ccc(OC(=O)c3ccc(OC)cc3)c(OC)c2)cc1. The van der Waals surface area contributed by atoms with Gasteiger partial charge in [0.25, 0.3) is 11.8 Å². The number of methoxy groups -OCH3 is 2. The van der Waals surface area contributed by atoms with Crippen molar-refractivity contribution in [3.05, 3.63) is 83.4 Å². The largest absolute Gasteiger partial charge is 0.497 e. The standard InChI is InChI=1S/C28H29N3O7/c1-4-15-37-23-12-6-20(7-13-23)27(33)29-18-26(32)31-30-17-19-5-14-24(25(16-19)36-3)38-28(34)21-8-10-22(35-2)11-9-21/h5-14,16-17H,4,15,18H2,1-3H3,(H,29,33)(H,31,32)/b30-17+. The summed E-state index contributed by atoms with van der Waals surface area (Å²) in [7, 11) is 2.98. The molecule has 38 heavy (non-hydrogen) atoms. The monoisotopic (exact) mass is 519 g/mol. The molecule has 2 N–H and O–H groups in total. The van der Waals surface area contributed by atoms with Gasteiger partial charge in [0.1, 0.15) is 11.5 Å².